The number of aliphatic imine (C=N–C) groups is 1. The molecule has 0 bridgehead atoms. The summed E-state index contributed by atoms with van der Waals surface area (Å²) >= 11 is 0. The maximum atomic E-state index is 11.7. The van der Waals surface area contributed by atoms with Crippen LogP contribution in [-0.2, 0) is 4.79 Å². The van der Waals surface area contributed by atoms with Crippen molar-refractivity contribution in [2.24, 2.45) is 4.99 Å². The smallest absolute Gasteiger partial charge is 0.246 e. The van der Waals surface area contributed by atoms with Crippen LogP contribution in [0.15, 0.2) is 59.6 Å². The molecule has 4 nitrogen and oxygen atoms in total. The molecule has 0 saturated heterocycles. The zero-order valence-corrected chi connectivity index (χ0v) is 11.2. The molecule has 0 radical (unpaired) electrons. The van der Waals surface area contributed by atoms with Crippen molar-refractivity contribution in [1.29, 1.82) is 0 Å². The first-order valence-corrected chi connectivity index (χ1v) is 6.27. The highest BCUT2D eigenvalue weighted by molar-refractivity contribution is 5.93. The maximum absolute atomic E-state index is 11.7. The number of hydrogen-bond acceptors (Lipinski definition) is 3. The number of hydrogen-bond donors (Lipinski definition) is 1. The fourth-order valence-electron chi connectivity index (χ4n) is 1.65. The van der Waals surface area contributed by atoms with E-state index in [0.29, 0.717) is 0 Å². The molecule has 4 heteroatoms. The highest BCUT2D eigenvalue weighted by Gasteiger charge is 1.99. The summed E-state index contributed by atoms with van der Waals surface area (Å²) in [4.78, 5) is 15.8. The molecule has 0 heterocycles. The average Bonchev–Trinajstić information content (AvgIpc) is 2.49. The molecule has 0 aliphatic carbocycles. The Morgan fingerprint density at radius 1 is 1.15 bits per heavy atom. The van der Waals surface area contributed by atoms with Gasteiger partial charge < -0.3 is 10.1 Å². The molecule has 2 aromatic carbocycles. The Morgan fingerprint density at radius 2 is 1.85 bits per heavy atom. The van der Waals surface area contributed by atoms with Crippen LogP contribution in [0.25, 0.3) is 0 Å². The van der Waals surface area contributed by atoms with Gasteiger partial charge in [-0.2, -0.15) is 0 Å². The van der Waals surface area contributed by atoms with Crippen molar-refractivity contribution in [3.8, 4) is 5.75 Å². The Labute approximate surface area is 118 Å². The molecule has 2 rings (SSSR count). The standard InChI is InChI=1S/C16H16N2O2/c1-20-15-9-7-13(8-10-15)11-17-12-16(19)18-14-5-3-2-4-6-14/h2-11H,12H2,1H3,(H,18,19). The van der Waals surface area contributed by atoms with E-state index in [1.807, 2.05) is 54.6 Å². The van der Waals surface area contributed by atoms with Crippen LogP contribution >= 0.6 is 0 Å². The number of amides is 1. The van der Waals surface area contributed by atoms with Gasteiger partial charge >= 0.3 is 0 Å². The number of methoxy groups -OCH3 is 1. The van der Waals surface area contributed by atoms with Gasteiger partial charge in [-0.3, -0.25) is 9.79 Å². The Kier molecular flexibility index (Phi) is 4.89. The van der Waals surface area contributed by atoms with E-state index in [2.05, 4.69) is 10.3 Å². The van der Waals surface area contributed by atoms with Crippen LogP contribution in [0.1, 0.15) is 5.56 Å². The number of para-hydroxylation sites is 1. The minimum Gasteiger partial charge on any atom is -0.497 e. The third-order valence-electron chi connectivity index (χ3n) is 2.65. The highest BCUT2D eigenvalue weighted by atomic mass is 16.5. The van der Waals surface area contributed by atoms with Gasteiger partial charge in [0.1, 0.15) is 12.3 Å². The third-order valence-corrected chi connectivity index (χ3v) is 2.65. The SMILES string of the molecule is COc1ccc(C=NCC(=O)Nc2ccccc2)cc1. The van der Waals surface area contributed by atoms with Gasteiger partial charge in [0.15, 0.2) is 0 Å². The van der Waals surface area contributed by atoms with Crippen molar-refractivity contribution in [2.75, 3.05) is 19.0 Å². The molecule has 0 unspecified atom stereocenters. The fourth-order valence-corrected chi connectivity index (χ4v) is 1.65. The van der Waals surface area contributed by atoms with Crippen LogP contribution in [0, 0.1) is 0 Å². The third kappa shape index (κ3) is 4.24. The minimum absolute atomic E-state index is 0.0981. The molecule has 1 N–H and O–H groups in total. The Balaban J connectivity index is 1.84. The summed E-state index contributed by atoms with van der Waals surface area (Å²) in [6.07, 6.45) is 1.67. The van der Waals surface area contributed by atoms with E-state index in [-0.39, 0.29) is 12.5 Å². The molecular weight excluding hydrogens is 252 g/mol. The summed E-state index contributed by atoms with van der Waals surface area (Å²) in [5.41, 5.74) is 1.70. The summed E-state index contributed by atoms with van der Waals surface area (Å²) in [5.74, 6) is 0.657. The van der Waals surface area contributed by atoms with Crippen molar-refractivity contribution in [1.82, 2.24) is 0 Å². The summed E-state index contributed by atoms with van der Waals surface area (Å²) < 4.78 is 5.07. The number of nitrogens with zero attached hydrogens (tertiary/aromatic N) is 1. The van der Waals surface area contributed by atoms with Crippen LogP contribution in [0.3, 0.4) is 0 Å². The lowest BCUT2D eigenvalue weighted by Crippen LogP contribution is -2.14. The zero-order chi connectivity index (χ0) is 14.2. The minimum atomic E-state index is -0.138. The molecule has 0 spiro atoms. The van der Waals surface area contributed by atoms with Gasteiger partial charge in [-0.15, -0.1) is 0 Å². The zero-order valence-electron chi connectivity index (χ0n) is 11.2. The van der Waals surface area contributed by atoms with Crippen molar-refractivity contribution < 1.29 is 9.53 Å². The van der Waals surface area contributed by atoms with E-state index in [9.17, 15) is 4.79 Å². The first-order chi connectivity index (χ1) is 9.78. The second-order valence-electron chi connectivity index (χ2n) is 4.16. The predicted molar refractivity (Wildman–Crippen MR) is 80.5 cm³/mol. The van der Waals surface area contributed by atoms with Gasteiger partial charge in [-0.05, 0) is 42.0 Å². The van der Waals surface area contributed by atoms with Crippen molar-refractivity contribution in [3.63, 3.8) is 0 Å². The van der Waals surface area contributed by atoms with E-state index in [1.54, 1.807) is 13.3 Å². The number of ether oxygens (including phenoxy) is 1. The van der Waals surface area contributed by atoms with Crippen molar-refractivity contribution >= 4 is 17.8 Å². The highest BCUT2D eigenvalue weighted by Crippen LogP contribution is 2.09. The molecule has 2 aromatic rings. The molecule has 0 aliphatic heterocycles. The topological polar surface area (TPSA) is 50.7 Å². The largest absolute Gasteiger partial charge is 0.497 e. The quantitative estimate of drug-likeness (QED) is 0.848. The molecule has 20 heavy (non-hydrogen) atoms. The summed E-state index contributed by atoms with van der Waals surface area (Å²) in [6.45, 7) is 0.0981. The van der Waals surface area contributed by atoms with Crippen LogP contribution in [0.5, 0.6) is 5.75 Å². The Bertz CT molecular complexity index is 577. The Hall–Kier alpha value is -2.62. The molecular formula is C16H16N2O2. The fraction of sp³-hybridized carbons (Fsp3) is 0.125. The second kappa shape index (κ2) is 7.09. The lowest BCUT2D eigenvalue weighted by molar-refractivity contribution is -0.114. The van der Waals surface area contributed by atoms with Crippen molar-refractivity contribution in [3.05, 3.63) is 60.2 Å². The molecule has 0 saturated carbocycles. The molecule has 0 aromatic heterocycles. The normalized spacial score (nSPS) is 10.4. The molecule has 0 atom stereocenters. The number of carbonyl (C=O) groups excluding carboxylic acids is 1. The number of carbonyl (C=O) groups is 1. The predicted octanol–water partition coefficient (Wildman–Crippen LogP) is 2.75. The number of rotatable bonds is 5. The van der Waals surface area contributed by atoms with E-state index in [4.69, 9.17) is 4.74 Å². The van der Waals surface area contributed by atoms with Crippen LogP contribution in [0.2, 0.25) is 0 Å². The lowest BCUT2D eigenvalue weighted by Gasteiger charge is -2.02. The number of anilines is 1. The molecule has 102 valence electrons. The monoisotopic (exact) mass is 268 g/mol. The molecule has 0 fully saturated rings. The molecule has 1 amide bonds. The average molecular weight is 268 g/mol. The maximum Gasteiger partial charge on any atom is 0.246 e. The molecule has 0 aliphatic rings. The van der Waals surface area contributed by atoms with Crippen LogP contribution < -0.4 is 10.1 Å². The summed E-state index contributed by atoms with van der Waals surface area (Å²) in [6, 6.07) is 16.8. The summed E-state index contributed by atoms with van der Waals surface area (Å²) in [7, 11) is 1.62. The second-order valence-corrected chi connectivity index (χ2v) is 4.16. The van der Waals surface area contributed by atoms with E-state index < -0.39 is 0 Å². The van der Waals surface area contributed by atoms with E-state index in [0.717, 1.165) is 17.0 Å². The Morgan fingerprint density at radius 3 is 2.50 bits per heavy atom. The van der Waals surface area contributed by atoms with Gasteiger partial charge in [0, 0.05) is 11.9 Å². The first-order valence-electron chi connectivity index (χ1n) is 6.27. The van der Waals surface area contributed by atoms with Crippen LogP contribution in [0.4, 0.5) is 5.69 Å². The lowest BCUT2D eigenvalue weighted by atomic mass is 10.2. The van der Waals surface area contributed by atoms with Crippen molar-refractivity contribution in [2.45, 2.75) is 0 Å². The van der Waals surface area contributed by atoms with Gasteiger partial charge in [0.05, 0.1) is 7.11 Å². The van der Waals surface area contributed by atoms with Gasteiger partial charge in [0.25, 0.3) is 0 Å². The van der Waals surface area contributed by atoms with E-state index in [1.165, 1.54) is 0 Å². The van der Waals surface area contributed by atoms with Gasteiger partial charge in [-0.1, -0.05) is 18.2 Å². The van der Waals surface area contributed by atoms with Gasteiger partial charge in [-0.25, -0.2) is 0 Å². The number of nitrogens with one attached hydrogen (secondary N) is 1. The summed E-state index contributed by atoms with van der Waals surface area (Å²) in [5, 5.41) is 2.77. The number of benzene rings is 2. The first kappa shape index (κ1) is 13.8. The van der Waals surface area contributed by atoms with Gasteiger partial charge in [0.2, 0.25) is 5.91 Å². The van der Waals surface area contributed by atoms with Crippen LogP contribution in [-0.4, -0.2) is 25.8 Å². The van der Waals surface area contributed by atoms with E-state index >= 15 is 0 Å².